The van der Waals surface area contributed by atoms with Crippen LogP contribution in [0.3, 0.4) is 0 Å². The van der Waals surface area contributed by atoms with E-state index in [-0.39, 0.29) is 6.10 Å². The lowest BCUT2D eigenvalue weighted by atomic mass is 10.2. The lowest BCUT2D eigenvalue weighted by Gasteiger charge is -2.26. The van der Waals surface area contributed by atoms with Crippen LogP contribution < -0.4 is 4.74 Å². The van der Waals surface area contributed by atoms with Gasteiger partial charge >= 0.3 is 0 Å². The summed E-state index contributed by atoms with van der Waals surface area (Å²) in [6, 6.07) is 1.86. The Kier molecular flexibility index (Phi) is 2.80. The molecule has 0 radical (unpaired) electrons. The highest BCUT2D eigenvalue weighted by atomic mass is 79.9. The van der Waals surface area contributed by atoms with Crippen molar-refractivity contribution in [2.24, 2.45) is 0 Å². The molecule has 1 atom stereocenters. The molecule has 0 saturated carbocycles. The van der Waals surface area contributed by atoms with Crippen LogP contribution in [-0.2, 0) is 4.74 Å². The molecular formula is C9H10BrNO2. The fraction of sp³-hybridized carbons (Fsp3) is 0.444. The first-order chi connectivity index (χ1) is 6.36. The summed E-state index contributed by atoms with van der Waals surface area (Å²) < 4.78 is 11.7. The van der Waals surface area contributed by atoms with Gasteiger partial charge in [-0.2, -0.15) is 0 Å². The summed E-state index contributed by atoms with van der Waals surface area (Å²) in [6.07, 6.45) is 4.78. The van der Waals surface area contributed by atoms with Gasteiger partial charge in [0.2, 0.25) is 0 Å². The van der Waals surface area contributed by atoms with Crippen LogP contribution in [0.2, 0.25) is 0 Å². The first-order valence-electron chi connectivity index (χ1n) is 4.20. The molecule has 1 aliphatic heterocycles. The molecule has 0 amide bonds. The van der Waals surface area contributed by atoms with Gasteiger partial charge in [0, 0.05) is 19.2 Å². The van der Waals surface area contributed by atoms with Crippen molar-refractivity contribution in [3.63, 3.8) is 0 Å². The van der Waals surface area contributed by atoms with Crippen LogP contribution in [0.1, 0.15) is 6.42 Å². The predicted octanol–water partition coefficient (Wildman–Crippen LogP) is 2.01. The topological polar surface area (TPSA) is 31.4 Å². The second kappa shape index (κ2) is 4.07. The highest BCUT2D eigenvalue weighted by Crippen LogP contribution is 2.23. The maximum atomic E-state index is 5.51. The highest BCUT2D eigenvalue weighted by molar-refractivity contribution is 9.10. The van der Waals surface area contributed by atoms with Crippen LogP contribution in [0, 0.1) is 0 Å². The normalized spacial score (nSPS) is 20.8. The smallest absolute Gasteiger partial charge is 0.151 e. The van der Waals surface area contributed by atoms with Crippen molar-refractivity contribution in [1.29, 1.82) is 0 Å². The Bertz CT molecular complexity index is 289. The molecule has 0 N–H and O–H groups in total. The quantitative estimate of drug-likeness (QED) is 0.814. The summed E-state index contributed by atoms with van der Waals surface area (Å²) in [7, 11) is 0. The van der Waals surface area contributed by atoms with Gasteiger partial charge in [-0.3, -0.25) is 4.98 Å². The first-order valence-corrected chi connectivity index (χ1v) is 4.99. The molecule has 0 bridgehead atoms. The fourth-order valence-corrected chi connectivity index (χ4v) is 1.40. The molecular weight excluding hydrogens is 234 g/mol. The Morgan fingerprint density at radius 3 is 3.15 bits per heavy atom. The molecule has 1 fully saturated rings. The fourth-order valence-electron chi connectivity index (χ4n) is 1.07. The van der Waals surface area contributed by atoms with Gasteiger partial charge in [0.1, 0.15) is 6.61 Å². The van der Waals surface area contributed by atoms with Gasteiger partial charge in [-0.25, -0.2) is 0 Å². The summed E-state index contributed by atoms with van der Waals surface area (Å²) in [5.41, 5.74) is 0. The van der Waals surface area contributed by atoms with Gasteiger partial charge in [-0.1, -0.05) is 0 Å². The maximum absolute atomic E-state index is 5.51. The second-order valence-electron chi connectivity index (χ2n) is 2.90. The van der Waals surface area contributed by atoms with E-state index in [0.29, 0.717) is 6.61 Å². The van der Waals surface area contributed by atoms with Crippen LogP contribution in [-0.4, -0.2) is 24.3 Å². The zero-order chi connectivity index (χ0) is 9.10. The molecule has 1 aliphatic rings. The molecule has 0 unspecified atom stereocenters. The average Bonchev–Trinajstić information content (AvgIpc) is 2.05. The predicted molar refractivity (Wildman–Crippen MR) is 51.8 cm³/mol. The molecule has 1 saturated heterocycles. The van der Waals surface area contributed by atoms with Crippen LogP contribution in [0.4, 0.5) is 0 Å². The minimum Gasteiger partial charge on any atom is -0.488 e. The number of ether oxygens (including phenoxy) is 2. The molecule has 0 aliphatic carbocycles. The Morgan fingerprint density at radius 1 is 1.69 bits per heavy atom. The van der Waals surface area contributed by atoms with E-state index in [0.717, 1.165) is 23.2 Å². The van der Waals surface area contributed by atoms with Crippen LogP contribution in [0.5, 0.6) is 5.75 Å². The van der Waals surface area contributed by atoms with E-state index in [4.69, 9.17) is 9.47 Å². The molecule has 2 heterocycles. The number of pyridine rings is 1. The van der Waals surface area contributed by atoms with Crippen molar-refractivity contribution in [2.45, 2.75) is 12.5 Å². The number of halogens is 1. The largest absolute Gasteiger partial charge is 0.488 e. The van der Waals surface area contributed by atoms with E-state index in [2.05, 4.69) is 20.9 Å². The summed E-state index contributed by atoms with van der Waals surface area (Å²) in [4.78, 5) is 3.97. The highest BCUT2D eigenvalue weighted by Gasteiger charge is 2.18. The van der Waals surface area contributed by atoms with E-state index >= 15 is 0 Å². The lowest BCUT2D eigenvalue weighted by Crippen LogP contribution is -2.32. The lowest BCUT2D eigenvalue weighted by molar-refractivity contribution is -0.0722. The number of hydrogen-bond acceptors (Lipinski definition) is 3. The number of nitrogens with zero attached hydrogens (tertiary/aromatic N) is 1. The molecule has 1 aromatic rings. The van der Waals surface area contributed by atoms with E-state index in [1.165, 1.54) is 0 Å². The first kappa shape index (κ1) is 8.97. The third-order valence-electron chi connectivity index (χ3n) is 1.95. The summed E-state index contributed by atoms with van der Waals surface area (Å²) in [5, 5.41) is 0. The van der Waals surface area contributed by atoms with Crippen molar-refractivity contribution in [2.75, 3.05) is 13.2 Å². The van der Waals surface area contributed by atoms with Crippen LogP contribution in [0.15, 0.2) is 22.9 Å². The van der Waals surface area contributed by atoms with E-state index in [1.807, 2.05) is 6.07 Å². The van der Waals surface area contributed by atoms with Gasteiger partial charge in [0.15, 0.2) is 5.75 Å². The summed E-state index contributed by atoms with van der Waals surface area (Å²) in [5.74, 6) is 0.776. The second-order valence-corrected chi connectivity index (χ2v) is 3.75. The molecule has 1 aromatic heterocycles. The van der Waals surface area contributed by atoms with Gasteiger partial charge in [-0.05, 0) is 22.0 Å². The average molecular weight is 244 g/mol. The van der Waals surface area contributed by atoms with Crippen LogP contribution >= 0.6 is 15.9 Å². The zero-order valence-electron chi connectivity index (χ0n) is 7.07. The Balaban J connectivity index is 1.89. The van der Waals surface area contributed by atoms with Gasteiger partial charge < -0.3 is 9.47 Å². The summed E-state index contributed by atoms with van der Waals surface area (Å²) in [6.45, 7) is 1.48. The SMILES string of the molecule is Brc1ccncc1OC[C@H]1CCO1. The Morgan fingerprint density at radius 2 is 2.54 bits per heavy atom. The van der Waals surface area contributed by atoms with E-state index < -0.39 is 0 Å². The number of aromatic nitrogens is 1. The molecule has 4 heteroatoms. The number of hydrogen-bond donors (Lipinski definition) is 0. The standard InChI is InChI=1S/C9H10BrNO2/c10-8-1-3-11-5-9(8)13-6-7-2-4-12-7/h1,3,5,7H,2,4,6H2/t7-/m1/s1. The Hall–Kier alpha value is -0.610. The van der Waals surface area contributed by atoms with Crippen molar-refractivity contribution in [3.8, 4) is 5.75 Å². The van der Waals surface area contributed by atoms with Crippen LogP contribution in [0.25, 0.3) is 0 Å². The van der Waals surface area contributed by atoms with E-state index in [1.54, 1.807) is 12.4 Å². The van der Waals surface area contributed by atoms with Crippen molar-refractivity contribution in [3.05, 3.63) is 22.9 Å². The third-order valence-corrected chi connectivity index (χ3v) is 2.61. The Labute approximate surface area is 85.2 Å². The minimum atomic E-state index is 0.270. The molecule has 2 rings (SSSR count). The minimum absolute atomic E-state index is 0.270. The molecule has 3 nitrogen and oxygen atoms in total. The zero-order valence-corrected chi connectivity index (χ0v) is 8.66. The van der Waals surface area contributed by atoms with Crippen molar-refractivity contribution < 1.29 is 9.47 Å². The van der Waals surface area contributed by atoms with Gasteiger partial charge in [0.25, 0.3) is 0 Å². The maximum Gasteiger partial charge on any atom is 0.151 e. The monoisotopic (exact) mass is 243 g/mol. The van der Waals surface area contributed by atoms with Gasteiger partial charge in [-0.15, -0.1) is 0 Å². The van der Waals surface area contributed by atoms with E-state index in [9.17, 15) is 0 Å². The summed E-state index contributed by atoms with van der Waals surface area (Å²) >= 11 is 3.38. The molecule has 0 spiro atoms. The third kappa shape index (κ3) is 2.19. The molecule has 13 heavy (non-hydrogen) atoms. The van der Waals surface area contributed by atoms with Gasteiger partial charge in [0.05, 0.1) is 16.8 Å². The van der Waals surface area contributed by atoms with Crippen molar-refractivity contribution in [1.82, 2.24) is 4.98 Å². The molecule has 70 valence electrons. The number of rotatable bonds is 3. The van der Waals surface area contributed by atoms with Crippen molar-refractivity contribution >= 4 is 15.9 Å². The molecule has 0 aromatic carbocycles.